The van der Waals surface area contributed by atoms with Gasteiger partial charge in [0.2, 0.25) is 0 Å². The number of benzene rings is 1. The summed E-state index contributed by atoms with van der Waals surface area (Å²) in [5.74, 6) is 2.08. The molecule has 3 aromatic rings. The minimum atomic E-state index is 0.606. The van der Waals surface area contributed by atoms with Crippen molar-refractivity contribution >= 4 is 17.4 Å². The average Bonchev–Trinajstić information content (AvgIpc) is 2.74. The molecule has 138 valence electrons. The number of anilines is 1. The highest BCUT2D eigenvalue weighted by Gasteiger charge is 2.15. The van der Waals surface area contributed by atoms with E-state index in [0.29, 0.717) is 16.8 Å². The molecule has 1 fully saturated rings. The number of hydrogen-bond acceptors (Lipinski definition) is 5. The molecule has 1 aliphatic heterocycles. The van der Waals surface area contributed by atoms with Crippen LogP contribution in [0.2, 0.25) is 5.02 Å². The van der Waals surface area contributed by atoms with Gasteiger partial charge in [0.05, 0.1) is 5.69 Å². The Labute approximate surface area is 163 Å². The SMILES string of the molecule is Clc1ccc(-c2cc(NCC3CCOCC3)nc(-c3cccnc3)n2)cc1. The molecule has 3 heterocycles. The van der Waals surface area contributed by atoms with Gasteiger partial charge in [-0.15, -0.1) is 0 Å². The molecule has 2 aromatic heterocycles. The van der Waals surface area contributed by atoms with E-state index in [0.717, 1.165) is 55.2 Å². The van der Waals surface area contributed by atoms with E-state index >= 15 is 0 Å². The van der Waals surface area contributed by atoms with E-state index in [1.807, 2.05) is 42.5 Å². The lowest BCUT2D eigenvalue weighted by molar-refractivity contribution is 0.0699. The van der Waals surface area contributed by atoms with E-state index in [1.54, 1.807) is 12.4 Å². The fourth-order valence-electron chi connectivity index (χ4n) is 3.13. The van der Waals surface area contributed by atoms with Crippen LogP contribution in [0.4, 0.5) is 5.82 Å². The molecule has 0 bridgehead atoms. The van der Waals surface area contributed by atoms with Crippen LogP contribution in [0.15, 0.2) is 54.9 Å². The van der Waals surface area contributed by atoms with Gasteiger partial charge in [0.15, 0.2) is 5.82 Å². The molecule has 4 rings (SSSR count). The van der Waals surface area contributed by atoms with E-state index in [-0.39, 0.29) is 0 Å². The van der Waals surface area contributed by atoms with Gasteiger partial charge in [0.25, 0.3) is 0 Å². The van der Waals surface area contributed by atoms with Crippen molar-refractivity contribution in [2.24, 2.45) is 5.92 Å². The fraction of sp³-hybridized carbons (Fsp3) is 0.286. The predicted octanol–water partition coefficient (Wildman–Crippen LogP) is 4.70. The normalized spacial score (nSPS) is 14.9. The minimum Gasteiger partial charge on any atom is -0.381 e. The van der Waals surface area contributed by atoms with Gasteiger partial charge >= 0.3 is 0 Å². The van der Waals surface area contributed by atoms with Gasteiger partial charge in [0, 0.05) is 54.4 Å². The van der Waals surface area contributed by atoms with Gasteiger partial charge in [-0.1, -0.05) is 23.7 Å². The Morgan fingerprint density at radius 1 is 1.04 bits per heavy atom. The molecule has 1 aromatic carbocycles. The first-order valence-electron chi connectivity index (χ1n) is 9.15. The second-order valence-electron chi connectivity index (χ2n) is 6.65. The van der Waals surface area contributed by atoms with Gasteiger partial charge < -0.3 is 10.1 Å². The summed E-state index contributed by atoms with van der Waals surface area (Å²) in [6, 6.07) is 13.5. The molecule has 0 unspecified atom stereocenters. The molecular formula is C21H21ClN4O. The number of nitrogens with zero attached hydrogens (tertiary/aromatic N) is 3. The van der Waals surface area contributed by atoms with E-state index in [4.69, 9.17) is 26.3 Å². The lowest BCUT2D eigenvalue weighted by atomic mass is 10.0. The number of aromatic nitrogens is 3. The summed E-state index contributed by atoms with van der Waals surface area (Å²) in [7, 11) is 0. The highest BCUT2D eigenvalue weighted by atomic mass is 35.5. The van der Waals surface area contributed by atoms with E-state index in [2.05, 4.69) is 10.3 Å². The van der Waals surface area contributed by atoms with Crippen molar-refractivity contribution in [2.75, 3.05) is 25.1 Å². The van der Waals surface area contributed by atoms with Crippen LogP contribution in [-0.4, -0.2) is 34.7 Å². The Kier molecular flexibility index (Phi) is 5.61. The number of rotatable bonds is 5. The first-order valence-corrected chi connectivity index (χ1v) is 9.53. The van der Waals surface area contributed by atoms with Crippen LogP contribution in [0.3, 0.4) is 0 Å². The summed E-state index contributed by atoms with van der Waals surface area (Å²) in [6.45, 7) is 2.56. The van der Waals surface area contributed by atoms with E-state index in [9.17, 15) is 0 Å². The van der Waals surface area contributed by atoms with Crippen molar-refractivity contribution in [3.63, 3.8) is 0 Å². The molecule has 1 aliphatic rings. The monoisotopic (exact) mass is 380 g/mol. The summed E-state index contributed by atoms with van der Waals surface area (Å²) in [5.41, 5.74) is 2.75. The highest BCUT2D eigenvalue weighted by Crippen LogP contribution is 2.26. The molecule has 5 nitrogen and oxygen atoms in total. The van der Waals surface area contributed by atoms with E-state index in [1.165, 1.54) is 0 Å². The minimum absolute atomic E-state index is 0.606. The molecular weight excluding hydrogens is 360 g/mol. The van der Waals surface area contributed by atoms with Gasteiger partial charge in [-0.05, 0) is 43.0 Å². The third kappa shape index (κ3) is 4.62. The molecule has 1 saturated heterocycles. The standard InChI is InChI=1S/C21H21ClN4O/c22-18-5-3-16(4-6-18)19-12-20(24-13-15-7-10-27-11-8-15)26-21(25-19)17-2-1-9-23-14-17/h1-6,9,12,14-15H,7-8,10-11,13H2,(H,24,25,26). The number of ether oxygens (including phenoxy) is 1. The number of nitrogens with one attached hydrogen (secondary N) is 1. The largest absolute Gasteiger partial charge is 0.381 e. The van der Waals surface area contributed by atoms with Crippen LogP contribution in [0, 0.1) is 5.92 Å². The van der Waals surface area contributed by atoms with Crippen LogP contribution in [0.25, 0.3) is 22.6 Å². The van der Waals surface area contributed by atoms with Crippen LogP contribution >= 0.6 is 11.6 Å². The molecule has 0 atom stereocenters. The summed E-state index contributed by atoms with van der Waals surface area (Å²) in [5, 5.41) is 4.20. The lowest BCUT2D eigenvalue weighted by Gasteiger charge is -2.22. The zero-order valence-electron chi connectivity index (χ0n) is 14.9. The van der Waals surface area contributed by atoms with Gasteiger partial charge in [-0.25, -0.2) is 9.97 Å². The fourth-order valence-corrected chi connectivity index (χ4v) is 3.26. The van der Waals surface area contributed by atoms with Gasteiger partial charge in [0.1, 0.15) is 5.82 Å². The Bertz CT molecular complexity index is 880. The zero-order chi connectivity index (χ0) is 18.5. The van der Waals surface area contributed by atoms with Crippen LogP contribution in [-0.2, 0) is 4.74 Å². The molecule has 0 spiro atoms. The Hall–Kier alpha value is -2.50. The molecule has 1 N–H and O–H groups in total. The Morgan fingerprint density at radius 3 is 2.59 bits per heavy atom. The van der Waals surface area contributed by atoms with Crippen LogP contribution in [0.5, 0.6) is 0 Å². The van der Waals surface area contributed by atoms with Crippen molar-refractivity contribution < 1.29 is 4.74 Å². The Balaban J connectivity index is 1.64. The molecule has 27 heavy (non-hydrogen) atoms. The van der Waals surface area contributed by atoms with Crippen LogP contribution in [0.1, 0.15) is 12.8 Å². The second kappa shape index (κ2) is 8.46. The summed E-state index contributed by atoms with van der Waals surface area (Å²) >= 11 is 6.03. The maximum absolute atomic E-state index is 6.03. The molecule has 0 radical (unpaired) electrons. The van der Waals surface area contributed by atoms with Crippen molar-refractivity contribution in [1.82, 2.24) is 15.0 Å². The average molecular weight is 381 g/mol. The molecule has 0 aliphatic carbocycles. The first kappa shape index (κ1) is 17.9. The van der Waals surface area contributed by atoms with Crippen molar-refractivity contribution in [3.05, 3.63) is 59.9 Å². The highest BCUT2D eigenvalue weighted by molar-refractivity contribution is 6.30. The molecule has 0 saturated carbocycles. The number of pyridine rings is 1. The topological polar surface area (TPSA) is 59.9 Å². The number of halogens is 1. The van der Waals surface area contributed by atoms with E-state index < -0.39 is 0 Å². The third-order valence-corrected chi connectivity index (χ3v) is 4.95. The summed E-state index contributed by atoms with van der Waals surface area (Å²) < 4.78 is 5.44. The smallest absolute Gasteiger partial charge is 0.163 e. The zero-order valence-corrected chi connectivity index (χ0v) is 15.7. The lowest BCUT2D eigenvalue weighted by Crippen LogP contribution is -2.23. The predicted molar refractivity (Wildman–Crippen MR) is 108 cm³/mol. The molecule has 6 heteroatoms. The maximum atomic E-state index is 6.03. The van der Waals surface area contributed by atoms with Gasteiger partial charge in [-0.3, -0.25) is 4.98 Å². The second-order valence-corrected chi connectivity index (χ2v) is 7.08. The van der Waals surface area contributed by atoms with Gasteiger partial charge in [-0.2, -0.15) is 0 Å². The first-order chi connectivity index (χ1) is 13.3. The summed E-state index contributed by atoms with van der Waals surface area (Å²) in [4.78, 5) is 13.6. The van der Waals surface area contributed by atoms with Crippen LogP contribution < -0.4 is 5.32 Å². The van der Waals surface area contributed by atoms with Crippen molar-refractivity contribution in [2.45, 2.75) is 12.8 Å². The molecule has 0 amide bonds. The maximum Gasteiger partial charge on any atom is 0.163 e. The third-order valence-electron chi connectivity index (χ3n) is 4.70. The number of hydrogen-bond donors (Lipinski definition) is 1. The Morgan fingerprint density at radius 2 is 1.85 bits per heavy atom. The summed E-state index contributed by atoms with van der Waals surface area (Å²) in [6.07, 6.45) is 5.69. The van der Waals surface area contributed by atoms with Crippen molar-refractivity contribution in [3.8, 4) is 22.6 Å². The van der Waals surface area contributed by atoms with Crippen molar-refractivity contribution in [1.29, 1.82) is 0 Å². The quantitative estimate of drug-likeness (QED) is 0.695.